The van der Waals surface area contributed by atoms with E-state index in [1.54, 1.807) is 17.4 Å². The second-order valence-corrected chi connectivity index (χ2v) is 14.4. The number of nitrogens with one attached hydrogen (secondary N) is 2. The number of carbonyl (C=O) groups is 2. The van der Waals surface area contributed by atoms with Crippen molar-refractivity contribution < 1.29 is 28.0 Å². The fourth-order valence-corrected chi connectivity index (χ4v) is 8.04. The number of aromatic nitrogens is 2. The topological polar surface area (TPSA) is 127 Å². The lowest BCUT2D eigenvalue weighted by Gasteiger charge is -2.43. The molecule has 0 unspecified atom stereocenters. The minimum absolute atomic E-state index is 0.0433. The highest BCUT2D eigenvalue weighted by Crippen LogP contribution is 2.34. The Morgan fingerprint density at radius 1 is 1.15 bits per heavy atom. The van der Waals surface area contributed by atoms with Crippen molar-refractivity contribution in [2.45, 2.75) is 76.6 Å². The molecule has 260 valence electrons. The molecule has 5 heterocycles. The van der Waals surface area contributed by atoms with Gasteiger partial charge in [0.1, 0.15) is 12.0 Å². The van der Waals surface area contributed by atoms with E-state index in [1.165, 1.54) is 4.90 Å². The number of hydrogen-bond acceptors (Lipinski definition) is 10. The van der Waals surface area contributed by atoms with Crippen molar-refractivity contribution >= 4 is 29.0 Å². The summed E-state index contributed by atoms with van der Waals surface area (Å²) in [6.45, 7) is 9.99. The van der Waals surface area contributed by atoms with Crippen LogP contribution in [0.5, 0.6) is 0 Å². The molecule has 3 aromatic rings. The molecule has 0 spiro atoms. The standard InChI is InChI=1S/C34H45F2N7O4S/c1-20(2)30(27-16-29(40-47-27)42-13-11-41(12-14-42)28-9-10-37-18-34(28,35)36)33(46)43-17-25(44)15-26(43)32(45)39-21(3)23-5-7-24(8-6-23)31-22(4)38-19-48-31/h5-8,16,19-21,25-26,28,30,37,44H,9-15,17-18H2,1-4H3,(H,39,45)/t21-,25+,26-,28+,30+/m0/s1. The number of benzene rings is 1. The predicted octanol–water partition coefficient (Wildman–Crippen LogP) is 3.80. The number of hydrogen-bond donors (Lipinski definition) is 3. The molecule has 3 N–H and O–H groups in total. The van der Waals surface area contributed by atoms with Crippen molar-refractivity contribution in [2.75, 3.05) is 50.7 Å². The monoisotopic (exact) mass is 685 g/mol. The van der Waals surface area contributed by atoms with E-state index in [0.717, 1.165) is 21.7 Å². The Hall–Kier alpha value is -3.46. The van der Waals surface area contributed by atoms with E-state index in [9.17, 15) is 23.5 Å². The largest absolute Gasteiger partial charge is 0.391 e. The van der Waals surface area contributed by atoms with Crippen molar-refractivity contribution in [3.63, 3.8) is 0 Å². The van der Waals surface area contributed by atoms with Crippen LogP contribution in [-0.4, -0.2) is 107 Å². The van der Waals surface area contributed by atoms with E-state index in [1.807, 2.05) is 67.3 Å². The summed E-state index contributed by atoms with van der Waals surface area (Å²) in [6.07, 6.45) is -0.284. The van der Waals surface area contributed by atoms with Crippen molar-refractivity contribution in [1.82, 2.24) is 30.6 Å². The third-order valence-electron chi connectivity index (χ3n) is 9.92. The third-order valence-corrected chi connectivity index (χ3v) is 10.9. The van der Waals surface area contributed by atoms with Gasteiger partial charge in [-0.1, -0.05) is 43.3 Å². The van der Waals surface area contributed by atoms with Gasteiger partial charge in [0.2, 0.25) is 11.8 Å². The molecule has 0 saturated carbocycles. The van der Waals surface area contributed by atoms with Crippen LogP contribution in [0.4, 0.5) is 14.6 Å². The number of halogens is 2. The van der Waals surface area contributed by atoms with Crippen molar-refractivity contribution in [1.29, 1.82) is 0 Å². The molecular formula is C34H45F2N7O4S. The van der Waals surface area contributed by atoms with Crippen LogP contribution in [0.3, 0.4) is 0 Å². The lowest BCUT2D eigenvalue weighted by atomic mass is 9.91. The molecule has 3 aliphatic rings. The van der Waals surface area contributed by atoms with E-state index in [0.29, 0.717) is 50.7 Å². The number of anilines is 1. The van der Waals surface area contributed by atoms with Crippen LogP contribution in [0.25, 0.3) is 10.4 Å². The van der Waals surface area contributed by atoms with Crippen LogP contribution >= 0.6 is 11.3 Å². The summed E-state index contributed by atoms with van der Waals surface area (Å²) in [5.41, 5.74) is 4.78. The number of piperidine rings is 1. The smallest absolute Gasteiger partial charge is 0.275 e. The number of aryl methyl sites for hydroxylation is 1. The number of thiazole rings is 1. The van der Waals surface area contributed by atoms with Gasteiger partial charge in [0.05, 0.1) is 40.8 Å². The van der Waals surface area contributed by atoms with Crippen LogP contribution in [0.15, 0.2) is 40.4 Å². The van der Waals surface area contributed by atoms with Gasteiger partial charge in [-0.05, 0) is 43.9 Å². The second-order valence-electron chi connectivity index (χ2n) is 13.6. The van der Waals surface area contributed by atoms with Crippen LogP contribution in [0.1, 0.15) is 62.6 Å². The van der Waals surface area contributed by atoms with E-state index < -0.39 is 30.0 Å². The molecular weight excluding hydrogens is 640 g/mol. The first-order chi connectivity index (χ1) is 22.9. The van der Waals surface area contributed by atoms with Gasteiger partial charge >= 0.3 is 0 Å². The van der Waals surface area contributed by atoms with Gasteiger partial charge < -0.3 is 30.1 Å². The first kappa shape index (κ1) is 34.4. The quantitative estimate of drug-likeness (QED) is 0.308. The Labute approximate surface area is 283 Å². The summed E-state index contributed by atoms with van der Waals surface area (Å²) in [7, 11) is 0. The van der Waals surface area contributed by atoms with Gasteiger partial charge in [-0.15, -0.1) is 11.3 Å². The van der Waals surface area contributed by atoms with Crippen LogP contribution in [0, 0.1) is 12.8 Å². The van der Waals surface area contributed by atoms with Gasteiger partial charge in [0.25, 0.3) is 5.92 Å². The summed E-state index contributed by atoms with van der Waals surface area (Å²) in [6, 6.07) is 7.80. The number of rotatable bonds is 9. The number of alkyl halides is 2. The first-order valence-corrected chi connectivity index (χ1v) is 17.6. The lowest BCUT2D eigenvalue weighted by molar-refractivity contribution is -0.141. The molecule has 48 heavy (non-hydrogen) atoms. The van der Waals surface area contributed by atoms with Gasteiger partial charge in [-0.25, -0.2) is 13.8 Å². The minimum Gasteiger partial charge on any atom is -0.391 e. The highest BCUT2D eigenvalue weighted by atomic mass is 32.1. The fraction of sp³-hybridized carbons (Fsp3) is 0.588. The van der Waals surface area contributed by atoms with Gasteiger partial charge in [0, 0.05) is 45.2 Å². The maximum absolute atomic E-state index is 14.5. The molecule has 2 aromatic heterocycles. The van der Waals surface area contributed by atoms with Crippen LogP contribution in [-0.2, 0) is 9.59 Å². The lowest BCUT2D eigenvalue weighted by Crippen LogP contribution is -2.61. The summed E-state index contributed by atoms with van der Waals surface area (Å²) in [5.74, 6) is -3.37. The molecule has 0 radical (unpaired) electrons. The molecule has 14 heteroatoms. The molecule has 3 saturated heterocycles. The number of nitrogens with zero attached hydrogens (tertiary/aromatic N) is 5. The van der Waals surface area contributed by atoms with Crippen LogP contribution < -0.4 is 15.5 Å². The number of aliphatic hydroxyl groups excluding tert-OH is 1. The Morgan fingerprint density at radius 2 is 1.88 bits per heavy atom. The number of carbonyl (C=O) groups excluding carboxylic acids is 2. The minimum atomic E-state index is -2.77. The maximum atomic E-state index is 14.5. The van der Waals surface area contributed by atoms with Crippen LogP contribution in [0.2, 0.25) is 0 Å². The van der Waals surface area contributed by atoms with E-state index in [2.05, 4.69) is 20.8 Å². The SMILES string of the molecule is Cc1ncsc1-c1ccc([C@H](C)NC(=O)[C@@H]2C[C@@H](O)CN2C(=O)[C@@H](c2cc(N3CCN([C@@H]4CCNCC4(F)F)CC3)no2)C(C)C)cc1. The summed E-state index contributed by atoms with van der Waals surface area (Å²) < 4.78 is 34.8. The van der Waals surface area contributed by atoms with Gasteiger partial charge in [0.15, 0.2) is 11.6 Å². The third kappa shape index (κ3) is 7.12. The Morgan fingerprint density at radius 3 is 2.52 bits per heavy atom. The first-order valence-electron chi connectivity index (χ1n) is 16.8. The zero-order valence-electron chi connectivity index (χ0n) is 27.9. The molecule has 0 bridgehead atoms. The normalized spacial score (nSPS) is 24.5. The number of β-amino-alcohol motifs (C(OH)–C–C–N with tert-alkyl or cyclic N) is 1. The fourth-order valence-electron chi connectivity index (χ4n) is 7.23. The second kappa shape index (κ2) is 14.2. The maximum Gasteiger partial charge on any atom is 0.275 e. The van der Waals surface area contributed by atoms with Crippen molar-refractivity contribution in [3.8, 4) is 10.4 Å². The zero-order chi connectivity index (χ0) is 34.2. The Kier molecular flexibility index (Phi) is 10.2. The van der Waals surface area contributed by atoms with E-state index in [4.69, 9.17) is 4.52 Å². The van der Waals surface area contributed by atoms with Crippen molar-refractivity contribution in [3.05, 3.63) is 52.9 Å². The number of piperazine rings is 1. The highest BCUT2D eigenvalue weighted by molar-refractivity contribution is 7.13. The number of likely N-dealkylation sites (tertiary alicyclic amines) is 1. The summed E-state index contributed by atoms with van der Waals surface area (Å²) in [4.78, 5) is 38.4. The van der Waals surface area contributed by atoms with Gasteiger partial charge in [-0.2, -0.15) is 0 Å². The van der Waals surface area contributed by atoms with E-state index in [-0.39, 0.29) is 43.3 Å². The molecule has 1 aromatic carbocycles. The van der Waals surface area contributed by atoms with Gasteiger partial charge in [-0.3, -0.25) is 14.5 Å². The number of aliphatic hydroxyl groups is 1. The molecule has 5 atom stereocenters. The van der Waals surface area contributed by atoms with Crippen molar-refractivity contribution in [2.24, 2.45) is 5.92 Å². The Bertz CT molecular complexity index is 1570. The summed E-state index contributed by atoms with van der Waals surface area (Å²) in [5, 5.41) is 20.7. The zero-order valence-corrected chi connectivity index (χ0v) is 28.7. The molecule has 2 amide bonds. The molecule has 6 rings (SSSR count). The molecule has 11 nitrogen and oxygen atoms in total. The molecule has 3 fully saturated rings. The highest BCUT2D eigenvalue weighted by Gasteiger charge is 2.46. The molecule has 0 aliphatic carbocycles. The average molecular weight is 686 g/mol. The molecule has 3 aliphatic heterocycles. The predicted molar refractivity (Wildman–Crippen MR) is 179 cm³/mol. The number of amides is 2. The average Bonchev–Trinajstić information content (AvgIpc) is 3.81. The van der Waals surface area contributed by atoms with E-state index >= 15 is 0 Å². The Balaban J connectivity index is 1.10. The summed E-state index contributed by atoms with van der Waals surface area (Å²) >= 11 is 1.58.